The van der Waals surface area contributed by atoms with Crippen LogP contribution in [0.1, 0.15) is 33.6 Å². The van der Waals surface area contributed by atoms with Gasteiger partial charge in [0, 0.05) is 13.1 Å². The number of hydrogen-bond donors (Lipinski definition) is 2. The molecule has 1 amide bonds. The number of rotatable bonds is 6. The zero-order valence-electron chi connectivity index (χ0n) is 14.1. The van der Waals surface area contributed by atoms with Gasteiger partial charge in [0.15, 0.2) is 5.84 Å². The number of unbranched alkanes of at least 4 members (excludes halogenated alkanes) is 1. The highest BCUT2D eigenvalue weighted by Crippen LogP contribution is 2.19. The number of carbonyl (C=O) groups excluding carboxylic acids is 1. The van der Waals surface area contributed by atoms with E-state index in [0.29, 0.717) is 24.6 Å². The van der Waals surface area contributed by atoms with Gasteiger partial charge < -0.3 is 20.7 Å². The van der Waals surface area contributed by atoms with Gasteiger partial charge in [-0.25, -0.2) is 14.8 Å². The Morgan fingerprint density at radius 3 is 2.67 bits per heavy atom. The number of alkyl carbamates (subject to hydrolysis) is 1. The zero-order valence-corrected chi connectivity index (χ0v) is 15.6. The summed E-state index contributed by atoms with van der Waals surface area (Å²) in [7, 11) is 0. The van der Waals surface area contributed by atoms with Crippen LogP contribution >= 0.6 is 23.2 Å². The maximum absolute atomic E-state index is 11.5. The minimum atomic E-state index is -0.504. The quantitative estimate of drug-likeness (QED) is 0.550. The van der Waals surface area contributed by atoms with Crippen molar-refractivity contribution >= 4 is 41.5 Å². The molecular weight excluding hydrogens is 353 g/mol. The molecule has 0 aliphatic carbocycles. The number of hydrogen-bond acceptors (Lipinski definition) is 5. The van der Waals surface area contributed by atoms with Crippen molar-refractivity contribution < 1.29 is 9.53 Å². The highest BCUT2D eigenvalue weighted by Gasteiger charge is 2.22. The van der Waals surface area contributed by atoms with Crippen molar-refractivity contribution in [2.24, 2.45) is 15.7 Å². The lowest BCUT2D eigenvalue weighted by molar-refractivity contribution is 0.0527. The third kappa shape index (κ3) is 7.23. The normalized spacial score (nSPS) is 18.0. The highest BCUT2D eigenvalue weighted by molar-refractivity contribution is 6.33. The number of amidine groups is 1. The smallest absolute Gasteiger partial charge is 0.407 e. The van der Waals surface area contributed by atoms with Crippen LogP contribution in [0.4, 0.5) is 4.79 Å². The van der Waals surface area contributed by atoms with Gasteiger partial charge in [-0.3, -0.25) is 0 Å². The number of aliphatic imine (C=N–C) groups is 2. The predicted molar refractivity (Wildman–Crippen MR) is 98.2 cm³/mol. The molecule has 0 aromatic carbocycles. The monoisotopic (exact) mass is 375 g/mol. The summed E-state index contributed by atoms with van der Waals surface area (Å²) in [5.74, 6) is 0.461. The Bertz CT molecular complexity index is 575. The first-order valence-corrected chi connectivity index (χ1v) is 8.22. The van der Waals surface area contributed by atoms with Gasteiger partial charge in [-0.05, 0) is 33.6 Å². The molecule has 0 spiro atoms. The van der Waals surface area contributed by atoms with E-state index in [2.05, 4.69) is 21.9 Å². The first-order valence-electron chi connectivity index (χ1n) is 7.46. The van der Waals surface area contributed by atoms with Gasteiger partial charge in [-0.2, -0.15) is 0 Å². The average Bonchev–Trinajstić information content (AvgIpc) is 2.78. The van der Waals surface area contributed by atoms with Crippen molar-refractivity contribution in [2.75, 3.05) is 13.1 Å². The predicted octanol–water partition coefficient (Wildman–Crippen LogP) is 3.11. The fourth-order valence-electron chi connectivity index (χ4n) is 1.85. The lowest BCUT2D eigenvalue weighted by atomic mass is 10.2. The molecule has 24 heavy (non-hydrogen) atoms. The fraction of sp³-hybridized carbons (Fsp3) is 0.533. The van der Waals surface area contributed by atoms with Gasteiger partial charge in [-0.15, -0.1) is 0 Å². The molecule has 1 aliphatic heterocycles. The Morgan fingerprint density at radius 2 is 2.12 bits per heavy atom. The molecule has 0 unspecified atom stereocenters. The van der Waals surface area contributed by atoms with E-state index in [1.54, 1.807) is 11.2 Å². The zero-order chi connectivity index (χ0) is 18.3. The van der Waals surface area contributed by atoms with Crippen LogP contribution in [-0.4, -0.2) is 41.9 Å². The molecule has 0 saturated heterocycles. The second-order valence-corrected chi connectivity index (χ2v) is 6.93. The van der Waals surface area contributed by atoms with Gasteiger partial charge in [0.05, 0.1) is 6.34 Å². The Kier molecular flexibility index (Phi) is 7.57. The van der Waals surface area contributed by atoms with Crippen LogP contribution in [-0.2, 0) is 4.74 Å². The average molecular weight is 376 g/mol. The van der Waals surface area contributed by atoms with E-state index in [1.807, 2.05) is 20.8 Å². The third-order valence-electron chi connectivity index (χ3n) is 2.76. The molecule has 134 valence electrons. The summed E-state index contributed by atoms with van der Waals surface area (Å²) >= 11 is 11.5. The molecule has 0 fully saturated rings. The van der Waals surface area contributed by atoms with Crippen molar-refractivity contribution in [3.63, 3.8) is 0 Å². The van der Waals surface area contributed by atoms with Crippen LogP contribution in [0.5, 0.6) is 0 Å². The van der Waals surface area contributed by atoms with Gasteiger partial charge >= 0.3 is 6.09 Å². The Hall–Kier alpha value is -1.73. The van der Waals surface area contributed by atoms with Crippen LogP contribution in [0.25, 0.3) is 0 Å². The van der Waals surface area contributed by atoms with Crippen molar-refractivity contribution in [2.45, 2.75) is 39.2 Å². The van der Waals surface area contributed by atoms with Crippen molar-refractivity contribution in [3.05, 3.63) is 22.6 Å². The SMILES string of the molecule is C=C(Cl)/N=C1\C(=C(/N)Cl)N=CN1CCCCNC(=O)OC(C)(C)C. The summed E-state index contributed by atoms with van der Waals surface area (Å²) in [4.78, 5) is 21.5. The largest absolute Gasteiger partial charge is 0.444 e. The number of carbonyl (C=O) groups is 1. The van der Waals surface area contributed by atoms with Crippen LogP contribution in [0.3, 0.4) is 0 Å². The number of halogens is 2. The maximum atomic E-state index is 11.5. The number of nitrogens with one attached hydrogen (secondary N) is 1. The molecule has 0 bridgehead atoms. The third-order valence-corrected chi connectivity index (χ3v) is 3.02. The number of ether oxygens (including phenoxy) is 1. The second kappa shape index (κ2) is 8.94. The molecule has 0 atom stereocenters. The second-order valence-electron chi connectivity index (χ2n) is 6.08. The minimum absolute atomic E-state index is 0.0389. The standard InChI is InChI=1S/C15H23Cl2N5O2/c1-10(16)21-13-11(12(17)18)20-9-22(13)8-6-5-7-19-14(23)24-15(2,3)4/h9H,1,5-8,18H2,2-4H3,(H,19,23)/b12-11+,21-13+. The lowest BCUT2D eigenvalue weighted by Gasteiger charge is -2.20. The number of nitrogens with zero attached hydrogens (tertiary/aromatic N) is 3. The van der Waals surface area contributed by atoms with Crippen LogP contribution in [0.15, 0.2) is 32.6 Å². The van der Waals surface area contributed by atoms with Crippen LogP contribution in [0.2, 0.25) is 0 Å². The van der Waals surface area contributed by atoms with E-state index >= 15 is 0 Å². The minimum Gasteiger partial charge on any atom is -0.444 e. The highest BCUT2D eigenvalue weighted by atomic mass is 35.5. The van der Waals surface area contributed by atoms with Crippen molar-refractivity contribution in [1.29, 1.82) is 0 Å². The molecule has 1 rings (SSSR count). The van der Waals surface area contributed by atoms with Gasteiger partial charge in [0.2, 0.25) is 0 Å². The van der Waals surface area contributed by atoms with E-state index < -0.39 is 11.7 Å². The molecule has 9 heteroatoms. The van der Waals surface area contributed by atoms with Gasteiger partial charge in [0.25, 0.3) is 0 Å². The van der Waals surface area contributed by atoms with Gasteiger partial charge in [-0.1, -0.05) is 29.8 Å². The Balaban J connectivity index is 2.42. The summed E-state index contributed by atoms with van der Waals surface area (Å²) in [6.07, 6.45) is 2.70. The van der Waals surface area contributed by atoms with Crippen LogP contribution in [0, 0.1) is 0 Å². The van der Waals surface area contributed by atoms with Gasteiger partial charge in [0.1, 0.15) is 21.6 Å². The Labute approximate surface area is 152 Å². The summed E-state index contributed by atoms with van der Waals surface area (Å²) in [6.45, 7) is 10.1. The van der Waals surface area contributed by atoms with E-state index in [1.165, 1.54) is 0 Å². The summed E-state index contributed by atoms with van der Waals surface area (Å²) in [5, 5.41) is 2.86. The summed E-state index contributed by atoms with van der Waals surface area (Å²) in [5.41, 5.74) is 5.44. The number of amides is 1. The molecule has 0 radical (unpaired) electrons. The molecule has 1 heterocycles. The summed E-state index contributed by atoms with van der Waals surface area (Å²) in [6, 6.07) is 0. The van der Waals surface area contributed by atoms with Crippen molar-refractivity contribution in [3.8, 4) is 0 Å². The first-order chi connectivity index (χ1) is 11.1. The molecular formula is C15H23Cl2N5O2. The van der Waals surface area contributed by atoms with E-state index in [-0.39, 0.29) is 10.3 Å². The fourth-order valence-corrected chi connectivity index (χ4v) is 2.07. The molecule has 3 N–H and O–H groups in total. The van der Waals surface area contributed by atoms with E-state index in [9.17, 15) is 4.79 Å². The number of nitrogens with two attached hydrogens (primary N) is 1. The van der Waals surface area contributed by atoms with E-state index in [0.717, 1.165) is 12.8 Å². The molecule has 1 aliphatic rings. The first kappa shape index (κ1) is 20.3. The summed E-state index contributed by atoms with van der Waals surface area (Å²) < 4.78 is 5.16. The Morgan fingerprint density at radius 1 is 1.46 bits per heavy atom. The van der Waals surface area contributed by atoms with Crippen LogP contribution < -0.4 is 11.1 Å². The molecule has 0 saturated carbocycles. The lowest BCUT2D eigenvalue weighted by Crippen LogP contribution is -2.33. The topological polar surface area (TPSA) is 92.3 Å². The molecule has 0 aromatic rings. The van der Waals surface area contributed by atoms with Crippen molar-refractivity contribution in [1.82, 2.24) is 10.2 Å². The molecule has 0 aromatic heterocycles. The molecule has 7 nitrogen and oxygen atoms in total. The maximum Gasteiger partial charge on any atom is 0.407 e. The van der Waals surface area contributed by atoms with E-state index in [4.69, 9.17) is 33.7 Å².